The van der Waals surface area contributed by atoms with Crippen molar-refractivity contribution in [2.75, 3.05) is 118 Å². The molecule has 0 aliphatic carbocycles. The maximum atomic E-state index is 13.0. The molecular weight excluding hydrogens is 510 g/mol. The van der Waals surface area contributed by atoms with Gasteiger partial charge in [-0.1, -0.05) is 0 Å². The number of morpholine rings is 1. The molecule has 13 heteroatoms. The largest absolute Gasteiger partial charge is 0.465 e. The Kier molecular flexibility index (Phi) is 16.1. The van der Waals surface area contributed by atoms with Crippen LogP contribution < -0.4 is 5.32 Å². The smallest absolute Gasteiger partial charge is 0.320 e. The molecule has 1 unspecified atom stereocenters. The lowest BCUT2D eigenvalue weighted by Crippen LogP contribution is -2.51. The van der Waals surface area contributed by atoms with Crippen LogP contribution in [0, 0.1) is 0 Å². The van der Waals surface area contributed by atoms with Gasteiger partial charge in [-0.25, -0.2) is 0 Å². The van der Waals surface area contributed by atoms with E-state index in [2.05, 4.69) is 10.2 Å². The van der Waals surface area contributed by atoms with Crippen LogP contribution >= 0.6 is 0 Å². The molecule has 2 fully saturated rings. The van der Waals surface area contributed by atoms with Crippen LogP contribution in [0.25, 0.3) is 0 Å². The summed E-state index contributed by atoms with van der Waals surface area (Å²) in [6, 6.07) is 0. The van der Waals surface area contributed by atoms with Gasteiger partial charge in [0.2, 0.25) is 0 Å². The Labute approximate surface area is 232 Å². The molecule has 39 heavy (non-hydrogen) atoms. The van der Waals surface area contributed by atoms with Crippen LogP contribution in [-0.4, -0.2) is 167 Å². The zero-order chi connectivity index (χ0) is 28.5. The summed E-state index contributed by atoms with van der Waals surface area (Å²) >= 11 is 0. The van der Waals surface area contributed by atoms with E-state index in [4.69, 9.17) is 18.9 Å². The number of hydrogen-bond donors (Lipinski definition) is 1. The summed E-state index contributed by atoms with van der Waals surface area (Å²) in [5, 5.41) is 3.19. The van der Waals surface area contributed by atoms with Crippen molar-refractivity contribution in [1.82, 2.24) is 24.9 Å². The molecule has 0 saturated carbocycles. The van der Waals surface area contributed by atoms with E-state index in [1.54, 1.807) is 20.8 Å². The van der Waals surface area contributed by atoms with Gasteiger partial charge in [0.15, 0.2) is 5.78 Å². The molecule has 2 aliphatic rings. The maximum Gasteiger partial charge on any atom is 0.320 e. The Morgan fingerprint density at radius 3 is 1.31 bits per heavy atom. The van der Waals surface area contributed by atoms with Gasteiger partial charge < -0.3 is 24.3 Å². The number of nitrogens with one attached hydrogen (secondary N) is 1. The summed E-state index contributed by atoms with van der Waals surface area (Å²) in [7, 11) is 0. The molecule has 0 radical (unpaired) electrons. The van der Waals surface area contributed by atoms with E-state index in [0.717, 1.165) is 6.54 Å². The molecule has 0 bridgehead atoms. The molecule has 2 heterocycles. The van der Waals surface area contributed by atoms with Crippen LogP contribution in [0.1, 0.15) is 20.8 Å². The summed E-state index contributed by atoms with van der Waals surface area (Å²) in [5.41, 5.74) is 0. The summed E-state index contributed by atoms with van der Waals surface area (Å²) in [4.78, 5) is 57.9. The van der Waals surface area contributed by atoms with Crippen LogP contribution in [0.2, 0.25) is 0 Å². The molecule has 0 amide bonds. The van der Waals surface area contributed by atoms with Gasteiger partial charge in [-0.3, -0.25) is 38.8 Å². The number of nitrogens with zero attached hydrogens (tertiary/aromatic N) is 4. The van der Waals surface area contributed by atoms with Crippen molar-refractivity contribution in [1.29, 1.82) is 0 Å². The Hall–Kier alpha value is -2.16. The zero-order valence-corrected chi connectivity index (χ0v) is 23.9. The highest BCUT2D eigenvalue weighted by Crippen LogP contribution is 2.05. The molecule has 1 N–H and O–H groups in total. The highest BCUT2D eigenvalue weighted by Gasteiger charge is 2.26. The Balaban J connectivity index is 2.16. The van der Waals surface area contributed by atoms with Crippen LogP contribution in [0.4, 0.5) is 0 Å². The quantitative estimate of drug-likeness (QED) is 0.220. The Bertz CT molecular complexity index is 729. The molecular formula is C26H47N5O8. The molecule has 2 rings (SSSR count). The first-order valence-electron chi connectivity index (χ1n) is 14.1. The van der Waals surface area contributed by atoms with Crippen molar-refractivity contribution in [3.05, 3.63) is 0 Å². The lowest BCUT2D eigenvalue weighted by molar-refractivity contribution is -0.146. The SMILES string of the molecule is CCOC(=O)CN1CCN(CC(=O)OCC)CCN(CC(=O)C2CNCCO2)CCN(CC(=O)OCC)CC1. The van der Waals surface area contributed by atoms with Gasteiger partial charge >= 0.3 is 17.9 Å². The lowest BCUT2D eigenvalue weighted by atomic mass is 10.2. The Morgan fingerprint density at radius 2 is 1.00 bits per heavy atom. The predicted octanol–water partition coefficient (Wildman–Crippen LogP) is -1.55. The number of ketones is 1. The van der Waals surface area contributed by atoms with Crippen molar-refractivity contribution in [2.24, 2.45) is 0 Å². The second kappa shape index (κ2) is 19.0. The highest BCUT2D eigenvalue weighted by atomic mass is 16.5. The van der Waals surface area contributed by atoms with Crippen molar-refractivity contribution in [3.63, 3.8) is 0 Å². The second-order valence-electron chi connectivity index (χ2n) is 9.55. The first kappa shape index (κ1) is 33.0. The minimum absolute atomic E-state index is 0.00351. The molecule has 0 spiro atoms. The fraction of sp³-hybridized carbons (Fsp3) is 0.846. The molecule has 224 valence electrons. The van der Waals surface area contributed by atoms with Gasteiger partial charge in [0.1, 0.15) is 6.10 Å². The third-order valence-corrected chi connectivity index (χ3v) is 6.57. The van der Waals surface area contributed by atoms with E-state index >= 15 is 0 Å². The van der Waals surface area contributed by atoms with Crippen LogP contribution in [0.3, 0.4) is 0 Å². The number of esters is 3. The van der Waals surface area contributed by atoms with Crippen LogP contribution in [0.5, 0.6) is 0 Å². The maximum absolute atomic E-state index is 13.0. The van der Waals surface area contributed by atoms with Gasteiger partial charge in [-0.15, -0.1) is 0 Å². The monoisotopic (exact) mass is 557 g/mol. The molecule has 2 saturated heterocycles. The topological polar surface area (TPSA) is 130 Å². The van der Waals surface area contributed by atoms with Gasteiger partial charge in [0, 0.05) is 65.4 Å². The minimum atomic E-state index is -0.483. The fourth-order valence-electron chi connectivity index (χ4n) is 4.47. The van der Waals surface area contributed by atoms with Gasteiger partial charge in [0.05, 0.1) is 52.6 Å². The number of carbonyl (C=O) groups is 4. The molecule has 0 aromatic heterocycles. The number of rotatable bonds is 12. The lowest BCUT2D eigenvalue weighted by Gasteiger charge is -2.34. The number of carbonyl (C=O) groups excluding carboxylic acids is 4. The normalized spacial score (nSPS) is 21.4. The summed E-state index contributed by atoms with van der Waals surface area (Å²) in [5.74, 6) is -0.940. The number of hydrogen-bond acceptors (Lipinski definition) is 13. The summed E-state index contributed by atoms with van der Waals surface area (Å²) in [6.45, 7) is 12.7. The minimum Gasteiger partial charge on any atom is -0.465 e. The number of ether oxygens (including phenoxy) is 4. The number of Topliss-reactive ketones (excluding diaryl/α,β-unsaturated/α-hetero) is 1. The van der Waals surface area contributed by atoms with Crippen molar-refractivity contribution < 1.29 is 38.1 Å². The molecule has 0 aromatic rings. The van der Waals surface area contributed by atoms with E-state index in [9.17, 15) is 19.2 Å². The van der Waals surface area contributed by atoms with E-state index in [1.807, 2.05) is 14.7 Å². The first-order chi connectivity index (χ1) is 18.8. The van der Waals surface area contributed by atoms with Crippen molar-refractivity contribution in [2.45, 2.75) is 26.9 Å². The van der Waals surface area contributed by atoms with Crippen molar-refractivity contribution in [3.8, 4) is 0 Å². The van der Waals surface area contributed by atoms with Crippen molar-refractivity contribution >= 4 is 23.7 Å². The predicted molar refractivity (Wildman–Crippen MR) is 143 cm³/mol. The molecule has 2 aliphatic heterocycles. The zero-order valence-electron chi connectivity index (χ0n) is 23.9. The van der Waals surface area contributed by atoms with Crippen LogP contribution in [0.15, 0.2) is 0 Å². The summed E-state index contributed by atoms with van der Waals surface area (Å²) < 4.78 is 21.2. The third-order valence-electron chi connectivity index (χ3n) is 6.57. The highest BCUT2D eigenvalue weighted by molar-refractivity contribution is 5.85. The van der Waals surface area contributed by atoms with Gasteiger partial charge in [-0.05, 0) is 20.8 Å². The molecule has 1 atom stereocenters. The fourth-order valence-corrected chi connectivity index (χ4v) is 4.47. The standard InChI is InChI=1S/C26H47N5O8/c1-4-36-24(33)19-29-10-8-28(18-22(32)23-17-27-7-16-39-23)9-11-30(20-25(34)37-5-2)13-15-31(14-12-29)21-26(35)38-6-3/h23,27H,4-21H2,1-3H3. The van der Waals surface area contributed by atoms with Crippen LogP contribution in [-0.2, 0) is 38.1 Å². The van der Waals surface area contributed by atoms with E-state index in [1.165, 1.54) is 0 Å². The van der Waals surface area contributed by atoms with E-state index < -0.39 is 6.10 Å². The molecule has 0 aromatic carbocycles. The first-order valence-corrected chi connectivity index (χ1v) is 14.1. The van der Waals surface area contributed by atoms with E-state index in [-0.39, 0.29) is 49.9 Å². The third kappa shape index (κ3) is 13.6. The second-order valence-corrected chi connectivity index (χ2v) is 9.55. The Morgan fingerprint density at radius 1 is 0.641 bits per heavy atom. The van der Waals surface area contributed by atoms with Gasteiger partial charge in [0.25, 0.3) is 0 Å². The average Bonchev–Trinajstić information content (AvgIpc) is 2.90. The molecule has 13 nitrogen and oxygen atoms in total. The van der Waals surface area contributed by atoms with E-state index in [0.29, 0.717) is 85.3 Å². The van der Waals surface area contributed by atoms with Gasteiger partial charge in [-0.2, -0.15) is 0 Å². The summed E-state index contributed by atoms with van der Waals surface area (Å²) in [6.07, 6.45) is -0.483. The average molecular weight is 558 g/mol.